The summed E-state index contributed by atoms with van der Waals surface area (Å²) in [6, 6.07) is 12.1. The number of hydrogen-bond donors (Lipinski definition) is 1. The number of fused-ring (bicyclic) bond motifs is 1. The van der Waals surface area contributed by atoms with Crippen molar-refractivity contribution < 1.29 is 4.74 Å². The van der Waals surface area contributed by atoms with E-state index >= 15 is 0 Å². The molecule has 1 N–H and O–H groups in total. The number of hydrogen-bond acceptors (Lipinski definition) is 6. The molecule has 7 heteroatoms. The van der Waals surface area contributed by atoms with Gasteiger partial charge in [0, 0.05) is 37.5 Å². The van der Waals surface area contributed by atoms with E-state index in [0.717, 1.165) is 42.3 Å². The van der Waals surface area contributed by atoms with Crippen LogP contribution in [0.1, 0.15) is 23.6 Å². The smallest absolute Gasteiger partial charge is 0.122 e. The minimum atomic E-state index is 0.409. The van der Waals surface area contributed by atoms with Gasteiger partial charge in [0.15, 0.2) is 0 Å². The molecule has 3 aromatic rings. The van der Waals surface area contributed by atoms with E-state index in [0.29, 0.717) is 11.6 Å². The van der Waals surface area contributed by atoms with Crippen LogP contribution in [0.2, 0.25) is 0 Å². The first-order valence-electron chi connectivity index (χ1n) is 9.17. The number of aliphatic imine (C=N–C) groups is 1. The Kier molecular flexibility index (Phi) is 5.14. The van der Waals surface area contributed by atoms with Gasteiger partial charge in [-0.2, -0.15) is 15.4 Å². The van der Waals surface area contributed by atoms with Crippen LogP contribution in [-0.4, -0.2) is 52.2 Å². The predicted octanol–water partition coefficient (Wildman–Crippen LogP) is 3.36. The number of rotatable bonds is 6. The molecule has 1 aliphatic rings. The third kappa shape index (κ3) is 3.78. The summed E-state index contributed by atoms with van der Waals surface area (Å²) in [4.78, 5) is 10.8. The van der Waals surface area contributed by atoms with Gasteiger partial charge in [-0.3, -0.25) is 9.98 Å². The van der Waals surface area contributed by atoms with Gasteiger partial charge in [-0.1, -0.05) is 18.2 Å². The van der Waals surface area contributed by atoms with E-state index in [1.165, 1.54) is 5.56 Å². The molecule has 0 bridgehead atoms. The van der Waals surface area contributed by atoms with E-state index < -0.39 is 0 Å². The SMILES string of the molecule is C=N/C(=C\N(C)CC1CCOc2ccccc21)c1cc(-c2cn[nH]n2)ccn1. The topological polar surface area (TPSA) is 79.3 Å². The number of pyridine rings is 1. The summed E-state index contributed by atoms with van der Waals surface area (Å²) in [7, 11) is 2.05. The summed E-state index contributed by atoms with van der Waals surface area (Å²) in [6.07, 6.45) is 6.40. The van der Waals surface area contributed by atoms with E-state index in [4.69, 9.17) is 4.74 Å². The van der Waals surface area contributed by atoms with Crippen molar-refractivity contribution in [2.45, 2.75) is 12.3 Å². The lowest BCUT2D eigenvalue weighted by Crippen LogP contribution is -2.24. The van der Waals surface area contributed by atoms with Gasteiger partial charge >= 0.3 is 0 Å². The van der Waals surface area contributed by atoms with Crippen molar-refractivity contribution in [3.63, 3.8) is 0 Å². The van der Waals surface area contributed by atoms with Crippen LogP contribution in [0.25, 0.3) is 17.0 Å². The van der Waals surface area contributed by atoms with Gasteiger partial charge in [0.05, 0.1) is 18.5 Å². The van der Waals surface area contributed by atoms with Crippen LogP contribution in [0.5, 0.6) is 5.75 Å². The lowest BCUT2D eigenvalue weighted by molar-refractivity contribution is 0.250. The molecule has 28 heavy (non-hydrogen) atoms. The second-order valence-electron chi connectivity index (χ2n) is 6.77. The van der Waals surface area contributed by atoms with Gasteiger partial charge in [-0.05, 0) is 36.9 Å². The maximum atomic E-state index is 5.77. The van der Waals surface area contributed by atoms with Crippen LogP contribution in [0.3, 0.4) is 0 Å². The second-order valence-corrected chi connectivity index (χ2v) is 6.77. The lowest BCUT2D eigenvalue weighted by atomic mass is 9.93. The van der Waals surface area contributed by atoms with Crippen molar-refractivity contribution in [1.29, 1.82) is 0 Å². The quantitative estimate of drug-likeness (QED) is 0.669. The third-order valence-electron chi connectivity index (χ3n) is 4.84. The molecule has 0 aliphatic carbocycles. The maximum Gasteiger partial charge on any atom is 0.122 e. The molecular weight excluding hydrogens is 352 g/mol. The van der Waals surface area contributed by atoms with Gasteiger partial charge < -0.3 is 9.64 Å². The Bertz CT molecular complexity index is 982. The van der Waals surface area contributed by atoms with Crippen LogP contribution in [0.4, 0.5) is 0 Å². The summed E-state index contributed by atoms with van der Waals surface area (Å²) < 4.78 is 5.77. The maximum absolute atomic E-state index is 5.77. The minimum Gasteiger partial charge on any atom is -0.493 e. The molecule has 1 unspecified atom stereocenters. The third-order valence-corrected chi connectivity index (χ3v) is 4.84. The van der Waals surface area contributed by atoms with Crippen LogP contribution < -0.4 is 4.74 Å². The highest BCUT2D eigenvalue weighted by Gasteiger charge is 2.22. The van der Waals surface area contributed by atoms with E-state index in [1.54, 1.807) is 12.4 Å². The molecule has 4 rings (SSSR count). The highest BCUT2D eigenvalue weighted by molar-refractivity contribution is 5.69. The molecule has 0 spiro atoms. The Morgan fingerprint density at radius 2 is 2.29 bits per heavy atom. The molecule has 0 fully saturated rings. The van der Waals surface area contributed by atoms with Crippen LogP contribution in [-0.2, 0) is 0 Å². The minimum absolute atomic E-state index is 0.409. The molecular formula is C21H22N6O. The Hall–Kier alpha value is -3.48. The van der Waals surface area contributed by atoms with Gasteiger partial charge in [-0.25, -0.2) is 0 Å². The summed E-state index contributed by atoms with van der Waals surface area (Å²) in [5.41, 5.74) is 4.41. The van der Waals surface area contributed by atoms with Crippen molar-refractivity contribution in [3.8, 4) is 17.0 Å². The molecule has 0 saturated heterocycles. The monoisotopic (exact) mass is 374 g/mol. The molecule has 1 aromatic carbocycles. The largest absolute Gasteiger partial charge is 0.493 e. The number of H-pyrrole nitrogens is 1. The highest BCUT2D eigenvalue weighted by Crippen LogP contribution is 2.34. The fraction of sp³-hybridized carbons (Fsp3) is 0.238. The first-order valence-corrected chi connectivity index (χ1v) is 9.17. The normalized spacial score (nSPS) is 16.2. The number of aromatic amines is 1. The zero-order chi connectivity index (χ0) is 19.3. The van der Waals surface area contributed by atoms with Crippen LogP contribution >= 0.6 is 0 Å². The zero-order valence-corrected chi connectivity index (χ0v) is 15.7. The number of likely N-dealkylation sites (N-methyl/N-ethyl adjacent to an activating group) is 1. The van der Waals surface area contributed by atoms with Crippen molar-refractivity contribution in [2.75, 3.05) is 20.2 Å². The molecule has 1 aliphatic heterocycles. The molecule has 7 nitrogen and oxygen atoms in total. The molecule has 2 aromatic heterocycles. The van der Waals surface area contributed by atoms with Crippen LogP contribution in [0.15, 0.2) is 60.0 Å². The average Bonchev–Trinajstić information content (AvgIpc) is 3.27. The summed E-state index contributed by atoms with van der Waals surface area (Å²) in [5, 5.41) is 10.6. The molecule has 0 saturated carbocycles. The molecule has 1 atom stereocenters. The number of benzene rings is 1. The predicted molar refractivity (Wildman–Crippen MR) is 109 cm³/mol. The first-order chi connectivity index (χ1) is 13.7. The van der Waals surface area contributed by atoms with Crippen molar-refractivity contribution in [2.24, 2.45) is 4.99 Å². The van der Waals surface area contributed by atoms with Crippen molar-refractivity contribution >= 4 is 12.4 Å². The molecule has 0 amide bonds. The Labute approximate surface area is 163 Å². The summed E-state index contributed by atoms with van der Waals surface area (Å²) in [5.74, 6) is 1.40. The standard InChI is InChI=1S/C21H22N6O/c1-22-20(18-11-15(7-9-23-18)19-12-24-26-25-19)14-27(2)13-16-8-10-28-21-6-4-3-5-17(16)21/h3-7,9,11-12,14,16H,1,8,10,13H2,2H3,(H,24,25,26)/b20-14-. The Balaban J connectivity index is 1.54. The lowest BCUT2D eigenvalue weighted by Gasteiger charge is -2.29. The molecule has 0 radical (unpaired) electrons. The van der Waals surface area contributed by atoms with E-state index in [9.17, 15) is 0 Å². The fourth-order valence-electron chi connectivity index (χ4n) is 3.47. The van der Waals surface area contributed by atoms with Gasteiger partial charge in [0.1, 0.15) is 17.1 Å². The number of nitrogens with zero attached hydrogens (tertiary/aromatic N) is 5. The zero-order valence-electron chi connectivity index (χ0n) is 15.7. The molecule has 142 valence electrons. The van der Waals surface area contributed by atoms with Crippen molar-refractivity contribution in [1.82, 2.24) is 25.3 Å². The summed E-state index contributed by atoms with van der Waals surface area (Å²) >= 11 is 0. The average molecular weight is 374 g/mol. The number of aromatic nitrogens is 4. The van der Waals surface area contributed by atoms with Crippen LogP contribution in [0, 0.1) is 0 Å². The second kappa shape index (κ2) is 8.04. The van der Waals surface area contributed by atoms with E-state index in [-0.39, 0.29) is 0 Å². The number of para-hydroxylation sites is 1. The highest BCUT2D eigenvalue weighted by atomic mass is 16.5. The van der Waals surface area contributed by atoms with Gasteiger partial charge in [0.2, 0.25) is 0 Å². The fourth-order valence-corrected chi connectivity index (χ4v) is 3.47. The van der Waals surface area contributed by atoms with E-state index in [2.05, 4.69) is 49.1 Å². The number of nitrogens with one attached hydrogen (secondary N) is 1. The Morgan fingerprint density at radius 1 is 1.39 bits per heavy atom. The first kappa shape index (κ1) is 17.9. The van der Waals surface area contributed by atoms with Gasteiger partial charge in [-0.15, -0.1) is 0 Å². The van der Waals surface area contributed by atoms with Crippen molar-refractivity contribution in [3.05, 3.63) is 66.2 Å². The Morgan fingerprint density at radius 3 is 3.11 bits per heavy atom. The van der Waals surface area contributed by atoms with Gasteiger partial charge in [0.25, 0.3) is 0 Å². The van der Waals surface area contributed by atoms with E-state index in [1.807, 2.05) is 37.5 Å². The molecule has 3 heterocycles. The number of ether oxygens (including phenoxy) is 1. The summed E-state index contributed by atoms with van der Waals surface area (Å²) in [6.45, 7) is 5.33.